The van der Waals surface area contributed by atoms with E-state index in [0.29, 0.717) is 24.7 Å². The molecule has 118 valence electrons. The van der Waals surface area contributed by atoms with Crippen LogP contribution < -0.4 is 21.5 Å². The van der Waals surface area contributed by atoms with Crippen molar-refractivity contribution in [2.24, 2.45) is 11.5 Å². The van der Waals surface area contributed by atoms with Gasteiger partial charge >= 0.3 is 0 Å². The molecule has 0 aromatic heterocycles. The van der Waals surface area contributed by atoms with Crippen molar-refractivity contribution in [2.45, 2.75) is 12.5 Å². The first-order chi connectivity index (χ1) is 9.52. The van der Waals surface area contributed by atoms with E-state index >= 15 is 0 Å². The van der Waals surface area contributed by atoms with Gasteiger partial charge in [-0.1, -0.05) is 0 Å². The number of benzene rings is 1. The first kappa shape index (κ1) is 19.2. The molecule has 2 amide bonds. The van der Waals surface area contributed by atoms with E-state index in [1.54, 1.807) is 31.4 Å². The first-order valence-electron chi connectivity index (χ1n) is 6.09. The van der Waals surface area contributed by atoms with Crippen molar-refractivity contribution in [1.29, 1.82) is 0 Å². The minimum absolute atomic E-state index is 0. The van der Waals surface area contributed by atoms with Crippen LogP contribution in [0.5, 0.6) is 5.75 Å². The molecule has 1 rings (SSSR count). The second-order valence-corrected chi connectivity index (χ2v) is 4.13. The number of rotatable bonds is 8. The number of hydrogen-bond acceptors (Lipinski definition) is 5. The summed E-state index contributed by atoms with van der Waals surface area (Å²) in [7, 11) is 1.59. The number of hydrogen-bond donors (Lipinski definition) is 3. The van der Waals surface area contributed by atoms with Crippen molar-refractivity contribution in [3.05, 3.63) is 24.3 Å². The van der Waals surface area contributed by atoms with Gasteiger partial charge in [-0.25, -0.2) is 0 Å². The average molecular weight is 318 g/mol. The van der Waals surface area contributed by atoms with Crippen molar-refractivity contribution in [3.8, 4) is 5.75 Å². The number of halogens is 1. The summed E-state index contributed by atoms with van der Waals surface area (Å²) in [6.07, 6.45) is -0.190. The Labute approximate surface area is 129 Å². The van der Waals surface area contributed by atoms with Crippen LogP contribution in [0.2, 0.25) is 0 Å². The van der Waals surface area contributed by atoms with Gasteiger partial charge in [-0.05, 0) is 24.3 Å². The van der Waals surface area contributed by atoms with Crippen molar-refractivity contribution < 1.29 is 19.1 Å². The monoisotopic (exact) mass is 317 g/mol. The lowest BCUT2D eigenvalue weighted by Gasteiger charge is -2.11. The predicted molar refractivity (Wildman–Crippen MR) is 81.5 cm³/mol. The smallest absolute Gasteiger partial charge is 0.241 e. The Morgan fingerprint density at radius 2 is 1.86 bits per heavy atom. The van der Waals surface area contributed by atoms with Crippen LogP contribution >= 0.6 is 12.4 Å². The van der Waals surface area contributed by atoms with Crippen LogP contribution in [0.4, 0.5) is 5.69 Å². The van der Waals surface area contributed by atoms with Crippen molar-refractivity contribution in [2.75, 3.05) is 25.6 Å². The molecule has 0 heterocycles. The Bertz CT molecular complexity index is 453. The van der Waals surface area contributed by atoms with Crippen LogP contribution in [0, 0.1) is 0 Å². The van der Waals surface area contributed by atoms with Crippen LogP contribution in [0.15, 0.2) is 24.3 Å². The van der Waals surface area contributed by atoms with E-state index in [4.69, 9.17) is 20.9 Å². The third kappa shape index (κ3) is 7.50. The van der Waals surface area contributed by atoms with E-state index < -0.39 is 17.9 Å². The fraction of sp³-hybridized carbons (Fsp3) is 0.385. The predicted octanol–water partition coefficient (Wildman–Crippen LogP) is 0.275. The minimum atomic E-state index is -0.954. The molecule has 0 radical (unpaired) electrons. The average Bonchev–Trinajstić information content (AvgIpc) is 2.40. The maximum atomic E-state index is 11.7. The minimum Gasteiger partial charge on any atom is -0.491 e. The Morgan fingerprint density at radius 1 is 1.24 bits per heavy atom. The molecule has 1 aromatic rings. The van der Waals surface area contributed by atoms with E-state index in [-0.39, 0.29) is 18.8 Å². The zero-order valence-corrected chi connectivity index (χ0v) is 12.5. The molecule has 0 spiro atoms. The molecule has 1 aromatic carbocycles. The quantitative estimate of drug-likeness (QED) is 0.595. The van der Waals surface area contributed by atoms with E-state index in [1.807, 2.05) is 0 Å². The molecule has 0 fully saturated rings. The highest BCUT2D eigenvalue weighted by Crippen LogP contribution is 2.15. The van der Waals surface area contributed by atoms with Gasteiger partial charge in [0.2, 0.25) is 11.8 Å². The highest BCUT2D eigenvalue weighted by molar-refractivity contribution is 5.97. The number of nitrogens with two attached hydrogens (primary N) is 2. The van der Waals surface area contributed by atoms with Gasteiger partial charge in [-0.15, -0.1) is 12.4 Å². The maximum absolute atomic E-state index is 11.7. The van der Waals surface area contributed by atoms with E-state index in [1.165, 1.54) is 0 Å². The molecule has 8 heteroatoms. The summed E-state index contributed by atoms with van der Waals surface area (Å²) < 4.78 is 10.2. The lowest BCUT2D eigenvalue weighted by atomic mass is 10.2. The van der Waals surface area contributed by atoms with Crippen LogP contribution in [-0.2, 0) is 14.3 Å². The third-order valence-corrected chi connectivity index (χ3v) is 2.44. The van der Waals surface area contributed by atoms with Gasteiger partial charge in [-0.2, -0.15) is 0 Å². The van der Waals surface area contributed by atoms with Crippen LogP contribution in [-0.4, -0.2) is 38.2 Å². The molecule has 0 aliphatic carbocycles. The van der Waals surface area contributed by atoms with Gasteiger partial charge in [-0.3, -0.25) is 9.59 Å². The molecule has 0 saturated heterocycles. The third-order valence-electron chi connectivity index (χ3n) is 2.44. The van der Waals surface area contributed by atoms with Crippen LogP contribution in [0.3, 0.4) is 0 Å². The van der Waals surface area contributed by atoms with Gasteiger partial charge < -0.3 is 26.3 Å². The molecule has 0 bridgehead atoms. The van der Waals surface area contributed by atoms with Gasteiger partial charge in [0.25, 0.3) is 0 Å². The summed E-state index contributed by atoms with van der Waals surface area (Å²) in [4.78, 5) is 22.3. The number of amides is 2. The second-order valence-electron chi connectivity index (χ2n) is 4.13. The maximum Gasteiger partial charge on any atom is 0.241 e. The van der Waals surface area contributed by atoms with Gasteiger partial charge in [0.15, 0.2) is 0 Å². The molecule has 0 saturated carbocycles. The Kier molecular flexibility index (Phi) is 9.11. The zero-order valence-electron chi connectivity index (χ0n) is 11.7. The summed E-state index contributed by atoms with van der Waals surface area (Å²) in [6, 6.07) is 5.83. The molecule has 0 aliphatic rings. The lowest BCUT2D eigenvalue weighted by Crippen LogP contribution is -2.38. The largest absolute Gasteiger partial charge is 0.491 e. The van der Waals surface area contributed by atoms with Crippen molar-refractivity contribution >= 4 is 29.9 Å². The van der Waals surface area contributed by atoms with Crippen LogP contribution in [0.25, 0.3) is 0 Å². The van der Waals surface area contributed by atoms with Crippen molar-refractivity contribution in [3.63, 3.8) is 0 Å². The molecule has 1 unspecified atom stereocenters. The number of primary amides is 1. The first-order valence-corrected chi connectivity index (χ1v) is 6.09. The molecule has 7 nitrogen and oxygen atoms in total. The zero-order chi connectivity index (χ0) is 15.0. The van der Waals surface area contributed by atoms with E-state index in [2.05, 4.69) is 5.32 Å². The normalized spacial score (nSPS) is 11.1. The summed E-state index contributed by atoms with van der Waals surface area (Å²) >= 11 is 0. The van der Waals surface area contributed by atoms with Gasteiger partial charge in [0, 0.05) is 12.8 Å². The van der Waals surface area contributed by atoms with Gasteiger partial charge in [0.05, 0.1) is 19.1 Å². The number of carbonyl (C=O) groups is 2. The molecule has 5 N–H and O–H groups in total. The summed E-state index contributed by atoms with van der Waals surface area (Å²) in [5, 5.41) is 2.59. The number of carbonyl (C=O) groups excluding carboxylic acids is 2. The number of ether oxygens (including phenoxy) is 2. The standard InChI is InChI=1S/C13H19N3O4.ClH/c1-19-6-7-20-10-4-2-9(3-5-10)16-13(18)11(14)8-12(15)17;/h2-5,11H,6-8,14H2,1H3,(H2,15,17)(H,16,18);1H. The summed E-state index contributed by atoms with van der Waals surface area (Å²) in [5.74, 6) is -0.409. The SMILES string of the molecule is COCCOc1ccc(NC(=O)C(N)CC(N)=O)cc1.Cl. The van der Waals surface area contributed by atoms with E-state index in [0.717, 1.165) is 0 Å². The fourth-order valence-electron chi connectivity index (χ4n) is 1.42. The topological polar surface area (TPSA) is 117 Å². The molecule has 1 atom stereocenters. The Balaban J connectivity index is 0.00000400. The lowest BCUT2D eigenvalue weighted by molar-refractivity contribution is -0.123. The fourth-order valence-corrected chi connectivity index (χ4v) is 1.42. The molecule has 0 aliphatic heterocycles. The number of anilines is 1. The van der Waals surface area contributed by atoms with Crippen molar-refractivity contribution in [1.82, 2.24) is 0 Å². The summed E-state index contributed by atoms with van der Waals surface area (Å²) in [6.45, 7) is 0.951. The highest BCUT2D eigenvalue weighted by atomic mass is 35.5. The van der Waals surface area contributed by atoms with E-state index in [9.17, 15) is 9.59 Å². The number of nitrogens with one attached hydrogen (secondary N) is 1. The highest BCUT2D eigenvalue weighted by Gasteiger charge is 2.15. The number of methoxy groups -OCH3 is 1. The molecular weight excluding hydrogens is 298 g/mol. The second kappa shape index (κ2) is 9.98. The van der Waals surface area contributed by atoms with Gasteiger partial charge in [0.1, 0.15) is 12.4 Å². The Morgan fingerprint density at radius 3 is 2.38 bits per heavy atom. The Hall–Kier alpha value is -1.83. The molecular formula is C13H20ClN3O4. The molecule has 21 heavy (non-hydrogen) atoms. The van der Waals surface area contributed by atoms with Crippen LogP contribution in [0.1, 0.15) is 6.42 Å². The summed E-state index contributed by atoms with van der Waals surface area (Å²) in [5.41, 5.74) is 11.1.